The fourth-order valence-corrected chi connectivity index (χ4v) is 4.12. The molecule has 1 aromatic carbocycles. The molecular formula is C19H24N6O3S. The second-order valence-corrected chi connectivity index (χ2v) is 8.16. The summed E-state index contributed by atoms with van der Waals surface area (Å²) in [5.74, 6) is 1.44. The molecule has 0 bridgehead atoms. The quantitative estimate of drug-likeness (QED) is 0.333. The zero-order chi connectivity index (χ0) is 20.4. The number of fused-ring (bicyclic) bond motifs is 1. The van der Waals surface area contributed by atoms with Crippen molar-refractivity contribution >= 4 is 28.7 Å². The third-order valence-corrected chi connectivity index (χ3v) is 6.03. The van der Waals surface area contributed by atoms with Crippen LogP contribution in [0.3, 0.4) is 0 Å². The fourth-order valence-electron chi connectivity index (χ4n) is 3.42. The van der Waals surface area contributed by atoms with E-state index >= 15 is 0 Å². The van der Waals surface area contributed by atoms with Crippen molar-refractivity contribution in [3.8, 4) is 0 Å². The van der Waals surface area contributed by atoms with E-state index in [-0.39, 0.29) is 6.42 Å². The van der Waals surface area contributed by atoms with E-state index in [1.54, 1.807) is 0 Å². The van der Waals surface area contributed by atoms with E-state index < -0.39 is 24.4 Å². The lowest BCUT2D eigenvalue weighted by Gasteiger charge is -2.16. The van der Waals surface area contributed by atoms with Crippen LogP contribution in [-0.2, 0) is 6.54 Å². The second kappa shape index (κ2) is 8.62. The predicted octanol–water partition coefficient (Wildman–Crippen LogP) is 1.36. The maximum atomic E-state index is 10.3. The Morgan fingerprint density at radius 2 is 1.93 bits per heavy atom. The van der Waals surface area contributed by atoms with Crippen molar-refractivity contribution in [3.63, 3.8) is 0 Å². The van der Waals surface area contributed by atoms with E-state index in [0.29, 0.717) is 28.7 Å². The van der Waals surface area contributed by atoms with Gasteiger partial charge in [-0.15, -0.1) is 5.10 Å². The number of hydrogen-bond acceptors (Lipinski definition) is 9. The molecule has 4 rings (SSSR count). The van der Waals surface area contributed by atoms with E-state index in [1.165, 1.54) is 16.4 Å². The molecule has 4 atom stereocenters. The number of thioether (sulfide) groups is 1. The van der Waals surface area contributed by atoms with Crippen LogP contribution < -0.4 is 5.32 Å². The summed E-state index contributed by atoms with van der Waals surface area (Å²) in [5, 5.41) is 42.5. The highest BCUT2D eigenvalue weighted by molar-refractivity contribution is 7.99. The second-order valence-electron chi connectivity index (χ2n) is 7.10. The number of nitrogens with one attached hydrogen (secondary N) is 1. The molecule has 1 aliphatic carbocycles. The van der Waals surface area contributed by atoms with Gasteiger partial charge in [0.2, 0.25) is 0 Å². The summed E-state index contributed by atoms with van der Waals surface area (Å²) < 4.78 is 1.49. The zero-order valence-electron chi connectivity index (χ0n) is 16.0. The van der Waals surface area contributed by atoms with Crippen LogP contribution in [-0.4, -0.2) is 64.3 Å². The number of nitrogens with zero attached hydrogens (tertiary/aromatic N) is 5. The van der Waals surface area contributed by atoms with Crippen molar-refractivity contribution < 1.29 is 15.3 Å². The Morgan fingerprint density at radius 1 is 1.14 bits per heavy atom. The lowest BCUT2D eigenvalue weighted by atomic mass is 10.2. The van der Waals surface area contributed by atoms with Crippen molar-refractivity contribution in [2.75, 3.05) is 11.1 Å². The van der Waals surface area contributed by atoms with Crippen molar-refractivity contribution in [3.05, 3.63) is 35.9 Å². The monoisotopic (exact) mass is 416 g/mol. The summed E-state index contributed by atoms with van der Waals surface area (Å²) >= 11 is 1.54. The summed E-state index contributed by atoms with van der Waals surface area (Å²) in [6.07, 6.45) is -2.21. The molecule has 2 aromatic heterocycles. The minimum atomic E-state index is -1.22. The third-order valence-electron chi connectivity index (χ3n) is 4.98. The molecule has 10 heteroatoms. The summed E-state index contributed by atoms with van der Waals surface area (Å²) in [7, 11) is 0. The Bertz CT molecular complexity index is 969. The molecule has 1 aliphatic rings. The predicted molar refractivity (Wildman–Crippen MR) is 110 cm³/mol. The number of rotatable bonds is 7. The molecule has 0 spiro atoms. The Labute approximate surface area is 172 Å². The highest BCUT2D eigenvalue weighted by Crippen LogP contribution is 2.33. The van der Waals surface area contributed by atoms with Gasteiger partial charge in [-0.2, -0.15) is 0 Å². The summed E-state index contributed by atoms with van der Waals surface area (Å²) in [6.45, 7) is 2.66. The van der Waals surface area contributed by atoms with Gasteiger partial charge in [-0.05, 0) is 12.0 Å². The van der Waals surface area contributed by atoms with Gasteiger partial charge in [0.05, 0.1) is 12.1 Å². The smallest absolute Gasteiger partial charge is 0.191 e. The Morgan fingerprint density at radius 3 is 2.62 bits per heavy atom. The Balaban J connectivity index is 1.70. The van der Waals surface area contributed by atoms with Crippen LogP contribution >= 0.6 is 11.8 Å². The first-order chi connectivity index (χ1) is 14.1. The molecule has 1 saturated carbocycles. The lowest BCUT2D eigenvalue weighted by Crippen LogP contribution is -2.31. The molecule has 9 nitrogen and oxygen atoms in total. The van der Waals surface area contributed by atoms with Crippen molar-refractivity contribution in [2.24, 2.45) is 0 Å². The summed E-state index contributed by atoms with van der Waals surface area (Å²) in [4.78, 5) is 9.20. The molecule has 0 unspecified atom stereocenters. The average Bonchev–Trinajstić information content (AvgIpc) is 3.27. The molecule has 0 amide bonds. The number of benzene rings is 1. The van der Waals surface area contributed by atoms with Crippen LogP contribution in [0.25, 0.3) is 11.2 Å². The molecule has 154 valence electrons. The molecule has 29 heavy (non-hydrogen) atoms. The van der Waals surface area contributed by atoms with E-state index in [0.717, 1.165) is 17.7 Å². The first-order valence-corrected chi connectivity index (χ1v) is 10.6. The normalized spacial score (nSPS) is 24.3. The standard InChI is InChI=1S/C19H24N6O3S/c1-2-8-29-19-21-17(20-10-11-6-4-3-5-7-11)14-18(22-19)25(24-23-14)12-9-13(26)16(28)15(12)27/h3-7,12-13,15-16,26-28H,2,8-10H2,1H3,(H,20,21,22)/t12-,13+,15+,16-/m1/s1. The lowest BCUT2D eigenvalue weighted by molar-refractivity contribution is -0.0253. The number of hydrogen-bond donors (Lipinski definition) is 4. The highest BCUT2D eigenvalue weighted by Gasteiger charge is 2.43. The molecule has 1 fully saturated rings. The van der Waals surface area contributed by atoms with Crippen LogP contribution in [0, 0.1) is 0 Å². The zero-order valence-corrected chi connectivity index (χ0v) is 16.8. The van der Waals surface area contributed by atoms with Gasteiger partial charge < -0.3 is 20.6 Å². The first kappa shape index (κ1) is 20.0. The minimum absolute atomic E-state index is 0.176. The topological polar surface area (TPSA) is 129 Å². The van der Waals surface area contributed by atoms with Gasteiger partial charge in [0.1, 0.15) is 12.2 Å². The number of aliphatic hydroxyl groups is 3. The van der Waals surface area contributed by atoms with Crippen molar-refractivity contribution in [2.45, 2.75) is 55.8 Å². The van der Waals surface area contributed by atoms with Crippen LogP contribution in [0.15, 0.2) is 35.5 Å². The third kappa shape index (κ3) is 4.06. The van der Waals surface area contributed by atoms with Crippen LogP contribution in [0.5, 0.6) is 0 Å². The molecule has 2 heterocycles. The van der Waals surface area contributed by atoms with Crippen LogP contribution in [0.2, 0.25) is 0 Å². The van der Waals surface area contributed by atoms with Gasteiger partial charge in [0.25, 0.3) is 0 Å². The van der Waals surface area contributed by atoms with Gasteiger partial charge in [-0.1, -0.05) is 54.2 Å². The molecular weight excluding hydrogens is 392 g/mol. The maximum Gasteiger partial charge on any atom is 0.191 e. The summed E-state index contributed by atoms with van der Waals surface area (Å²) in [6, 6.07) is 9.35. The van der Waals surface area contributed by atoms with Gasteiger partial charge in [0.15, 0.2) is 22.1 Å². The largest absolute Gasteiger partial charge is 0.390 e. The molecule has 4 N–H and O–H groups in total. The molecule has 0 saturated heterocycles. The molecule has 3 aromatic rings. The summed E-state index contributed by atoms with van der Waals surface area (Å²) in [5.41, 5.74) is 2.07. The van der Waals surface area contributed by atoms with Crippen LogP contribution in [0.1, 0.15) is 31.4 Å². The van der Waals surface area contributed by atoms with Gasteiger partial charge in [0, 0.05) is 18.7 Å². The van der Waals surface area contributed by atoms with E-state index in [4.69, 9.17) is 0 Å². The highest BCUT2D eigenvalue weighted by atomic mass is 32.2. The Hall–Kier alpha value is -2.27. The van der Waals surface area contributed by atoms with Crippen LogP contribution in [0.4, 0.5) is 5.82 Å². The number of anilines is 1. The number of aliphatic hydroxyl groups excluding tert-OH is 3. The van der Waals surface area contributed by atoms with E-state index in [9.17, 15) is 15.3 Å². The van der Waals surface area contributed by atoms with E-state index in [1.807, 2.05) is 30.3 Å². The fraction of sp³-hybridized carbons (Fsp3) is 0.474. The van der Waals surface area contributed by atoms with Crippen molar-refractivity contribution in [1.29, 1.82) is 0 Å². The minimum Gasteiger partial charge on any atom is -0.390 e. The van der Waals surface area contributed by atoms with Gasteiger partial charge in [-0.3, -0.25) is 0 Å². The number of aromatic nitrogens is 5. The first-order valence-electron chi connectivity index (χ1n) is 9.66. The Kier molecular flexibility index (Phi) is 5.95. The molecule has 0 radical (unpaired) electrons. The van der Waals surface area contributed by atoms with E-state index in [2.05, 4.69) is 32.5 Å². The van der Waals surface area contributed by atoms with Gasteiger partial charge >= 0.3 is 0 Å². The van der Waals surface area contributed by atoms with Crippen molar-refractivity contribution in [1.82, 2.24) is 25.0 Å². The SMILES string of the molecule is CCCSc1nc(NCc2ccccc2)c2nnn([C@@H]3C[C@H](O)[C@@H](O)[C@H]3O)c2n1. The molecule has 0 aliphatic heterocycles. The average molecular weight is 417 g/mol. The maximum absolute atomic E-state index is 10.3. The van der Waals surface area contributed by atoms with Gasteiger partial charge in [-0.25, -0.2) is 14.6 Å².